The predicted molar refractivity (Wildman–Crippen MR) is 36.6 cm³/mol. The number of aliphatic hydroxyl groups is 2. The van der Waals surface area contributed by atoms with Crippen molar-refractivity contribution < 1.29 is 14.9 Å². The van der Waals surface area contributed by atoms with Gasteiger partial charge in [0.2, 0.25) is 0 Å². The van der Waals surface area contributed by atoms with E-state index in [0.29, 0.717) is 13.0 Å². The Morgan fingerprint density at radius 1 is 1.60 bits per heavy atom. The van der Waals surface area contributed by atoms with Gasteiger partial charge in [-0.2, -0.15) is 0 Å². The number of ether oxygens (including phenoxy) is 1. The number of hydrogen-bond acceptors (Lipinski definition) is 3. The SMILES string of the molecule is C[C@@H]1OC[C@H](O)[C@@H]1CCO. The summed E-state index contributed by atoms with van der Waals surface area (Å²) in [6.07, 6.45) is 0.367. The van der Waals surface area contributed by atoms with Crippen molar-refractivity contribution in [3.63, 3.8) is 0 Å². The molecule has 3 atom stereocenters. The molecular formula is C7H14O3. The van der Waals surface area contributed by atoms with Gasteiger partial charge < -0.3 is 14.9 Å². The lowest BCUT2D eigenvalue weighted by molar-refractivity contribution is 0.0952. The maximum absolute atomic E-state index is 9.25. The lowest BCUT2D eigenvalue weighted by Gasteiger charge is -2.14. The minimum Gasteiger partial charge on any atom is -0.396 e. The Morgan fingerprint density at radius 3 is 2.70 bits per heavy atom. The van der Waals surface area contributed by atoms with E-state index in [4.69, 9.17) is 9.84 Å². The van der Waals surface area contributed by atoms with E-state index in [1.54, 1.807) is 0 Å². The van der Waals surface area contributed by atoms with Gasteiger partial charge in [0.25, 0.3) is 0 Å². The molecule has 0 unspecified atom stereocenters. The Kier molecular flexibility index (Phi) is 2.65. The molecule has 0 radical (unpaired) electrons. The second kappa shape index (κ2) is 3.32. The van der Waals surface area contributed by atoms with Crippen LogP contribution in [0, 0.1) is 5.92 Å². The van der Waals surface area contributed by atoms with Crippen molar-refractivity contribution >= 4 is 0 Å². The molecule has 3 nitrogen and oxygen atoms in total. The van der Waals surface area contributed by atoms with E-state index in [1.807, 2.05) is 6.92 Å². The Bertz CT molecular complexity index is 95.0. The highest BCUT2D eigenvalue weighted by molar-refractivity contribution is 4.80. The summed E-state index contributed by atoms with van der Waals surface area (Å²) in [6.45, 7) is 2.48. The number of rotatable bonds is 2. The molecular weight excluding hydrogens is 132 g/mol. The first kappa shape index (κ1) is 7.98. The fourth-order valence-electron chi connectivity index (χ4n) is 1.39. The molecule has 0 saturated carbocycles. The zero-order valence-electron chi connectivity index (χ0n) is 6.16. The van der Waals surface area contributed by atoms with Crippen LogP contribution >= 0.6 is 0 Å². The van der Waals surface area contributed by atoms with Crippen LogP contribution in [0.4, 0.5) is 0 Å². The molecule has 1 aliphatic heterocycles. The van der Waals surface area contributed by atoms with Crippen LogP contribution in [0.25, 0.3) is 0 Å². The van der Waals surface area contributed by atoms with Crippen LogP contribution in [-0.4, -0.2) is 35.6 Å². The molecule has 0 spiro atoms. The molecule has 10 heavy (non-hydrogen) atoms. The van der Waals surface area contributed by atoms with Crippen LogP contribution in [0.15, 0.2) is 0 Å². The van der Waals surface area contributed by atoms with Gasteiger partial charge in [-0.25, -0.2) is 0 Å². The summed E-state index contributed by atoms with van der Waals surface area (Å²) in [5.41, 5.74) is 0. The van der Waals surface area contributed by atoms with Crippen molar-refractivity contribution in [2.75, 3.05) is 13.2 Å². The standard InChI is InChI=1S/C7H14O3/c1-5-6(2-3-8)7(9)4-10-5/h5-9H,2-4H2,1H3/t5-,6+,7-/m0/s1. The van der Waals surface area contributed by atoms with Gasteiger partial charge in [-0.15, -0.1) is 0 Å². The van der Waals surface area contributed by atoms with Crippen LogP contribution in [0.5, 0.6) is 0 Å². The quantitative estimate of drug-likeness (QED) is 0.565. The number of hydrogen-bond donors (Lipinski definition) is 2. The molecule has 2 N–H and O–H groups in total. The van der Waals surface area contributed by atoms with E-state index in [1.165, 1.54) is 0 Å². The predicted octanol–water partition coefficient (Wildman–Crippen LogP) is -0.235. The maximum Gasteiger partial charge on any atom is 0.0827 e. The summed E-state index contributed by atoms with van der Waals surface area (Å²) in [4.78, 5) is 0. The fraction of sp³-hybridized carbons (Fsp3) is 1.00. The Balaban J connectivity index is 2.38. The van der Waals surface area contributed by atoms with Crippen molar-refractivity contribution in [3.05, 3.63) is 0 Å². The van der Waals surface area contributed by atoms with E-state index in [9.17, 15) is 5.11 Å². The van der Waals surface area contributed by atoms with Gasteiger partial charge in [0.05, 0.1) is 18.8 Å². The lowest BCUT2D eigenvalue weighted by Crippen LogP contribution is -2.22. The molecule has 0 aromatic heterocycles. The molecule has 3 heteroatoms. The van der Waals surface area contributed by atoms with E-state index < -0.39 is 0 Å². The highest BCUT2D eigenvalue weighted by atomic mass is 16.5. The minimum atomic E-state index is -0.373. The van der Waals surface area contributed by atoms with Crippen LogP contribution in [-0.2, 0) is 4.74 Å². The van der Waals surface area contributed by atoms with Gasteiger partial charge in [-0.1, -0.05) is 0 Å². The molecule has 1 saturated heterocycles. The van der Waals surface area contributed by atoms with Crippen LogP contribution in [0.3, 0.4) is 0 Å². The molecule has 0 aromatic rings. The maximum atomic E-state index is 9.25. The summed E-state index contributed by atoms with van der Waals surface area (Å²) in [5, 5.41) is 17.8. The Hall–Kier alpha value is -0.120. The van der Waals surface area contributed by atoms with E-state index in [0.717, 1.165) is 0 Å². The first-order valence-corrected chi connectivity index (χ1v) is 3.66. The molecule has 60 valence electrons. The first-order valence-electron chi connectivity index (χ1n) is 3.66. The molecule has 0 bridgehead atoms. The smallest absolute Gasteiger partial charge is 0.0827 e. The summed E-state index contributed by atoms with van der Waals surface area (Å²) in [6, 6.07) is 0. The normalized spacial score (nSPS) is 40.5. The fourth-order valence-corrected chi connectivity index (χ4v) is 1.39. The molecule has 1 heterocycles. The third kappa shape index (κ3) is 1.48. The van der Waals surface area contributed by atoms with Crippen LogP contribution in [0.1, 0.15) is 13.3 Å². The summed E-state index contributed by atoms with van der Waals surface area (Å²) < 4.78 is 5.17. The van der Waals surface area contributed by atoms with Gasteiger partial charge in [0.15, 0.2) is 0 Å². The van der Waals surface area contributed by atoms with E-state index in [-0.39, 0.29) is 24.7 Å². The highest BCUT2D eigenvalue weighted by Crippen LogP contribution is 2.23. The third-order valence-corrected chi connectivity index (χ3v) is 2.09. The largest absolute Gasteiger partial charge is 0.396 e. The number of aliphatic hydroxyl groups excluding tert-OH is 2. The third-order valence-electron chi connectivity index (χ3n) is 2.09. The van der Waals surface area contributed by atoms with Crippen molar-refractivity contribution in [1.29, 1.82) is 0 Å². The van der Waals surface area contributed by atoms with Crippen molar-refractivity contribution in [1.82, 2.24) is 0 Å². The van der Waals surface area contributed by atoms with E-state index in [2.05, 4.69) is 0 Å². The molecule has 0 aliphatic carbocycles. The lowest BCUT2D eigenvalue weighted by atomic mass is 9.97. The van der Waals surface area contributed by atoms with E-state index >= 15 is 0 Å². The van der Waals surface area contributed by atoms with Crippen molar-refractivity contribution in [2.45, 2.75) is 25.6 Å². The van der Waals surface area contributed by atoms with Gasteiger partial charge in [0, 0.05) is 12.5 Å². The van der Waals surface area contributed by atoms with Gasteiger partial charge in [0.1, 0.15) is 0 Å². The topological polar surface area (TPSA) is 49.7 Å². The minimum absolute atomic E-state index is 0.0992. The van der Waals surface area contributed by atoms with Crippen LogP contribution in [0.2, 0.25) is 0 Å². The highest BCUT2D eigenvalue weighted by Gasteiger charge is 2.31. The van der Waals surface area contributed by atoms with Crippen molar-refractivity contribution in [3.8, 4) is 0 Å². The summed E-state index contributed by atoms with van der Waals surface area (Å²) in [5.74, 6) is 0.130. The average molecular weight is 146 g/mol. The van der Waals surface area contributed by atoms with Gasteiger partial charge >= 0.3 is 0 Å². The summed E-state index contributed by atoms with van der Waals surface area (Å²) in [7, 11) is 0. The average Bonchev–Trinajstić information content (AvgIpc) is 2.20. The zero-order chi connectivity index (χ0) is 7.56. The zero-order valence-corrected chi connectivity index (χ0v) is 6.16. The molecule has 1 aliphatic rings. The second-order valence-corrected chi connectivity index (χ2v) is 2.78. The second-order valence-electron chi connectivity index (χ2n) is 2.78. The Morgan fingerprint density at radius 2 is 2.30 bits per heavy atom. The molecule has 0 amide bonds. The van der Waals surface area contributed by atoms with Gasteiger partial charge in [-0.3, -0.25) is 0 Å². The summed E-state index contributed by atoms with van der Waals surface area (Å²) >= 11 is 0. The molecule has 1 rings (SSSR count). The molecule has 1 fully saturated rings. The Labute approximate surface area is 60.6 Å². The molecule has 0 aromatic carbocycles. The van der Waals surface area contributed by atoms with Crippen molar-refractivity contribution in [2.24, 2.45) is 5.92 Å². The van der Waals surface area contributed by atoms with Crippen LogP contribution < -0.4 is 0 Å². The van der Waals surface area contributed by atoms with Gasteiger partial charge in [-0.05, 0) is 13.3 Å². The monoisotopic (exact) mass is 146 g/mol. The first-order chi connectivity index (χ1) is 4.75.